The fourth-order valence-corrected chi connectivity index (χ4v) is 3.66. The Morgan fingerprint density at radius 1 is 1.30 bits per heavy atom. The van der Waals surface area contributed by atoms with Crippen molar-refractivity contribution < 1.29 is 8.78 Å². The molecule has 0 bridgehead atoms. The van der Waals surface area contributed by atoms with Gasteiger partial charge in [0.15, 0.2) is 11.6 Å². The molecule has 2 rings (SSSR count). The number of hydrogen-bond acceptors (Lipinski definition) is 1. The van der Waals surface area contributed by atoms with Crippen LogP contribution in [0.2, 0.25) is 0 Å². The summed E-state index contributed by atoms with van der Waals surface area (Å²) in [5.41, 5.74) is 0.737. The maximum absolute atomic E-state index is 13.9. The Kier molecular flexibility index (Phi) is 4.79. The van der Waals surface area contributed by atoms with Crippen molar-refractivity contribution in [3.63, 3.8) is 0 Å². The van der Waals surface area contributed by atoms with Gasteiger partial charge in [0, 0.05) is 6.04 Å². The van der Waals surface area contributed by atoms with Crippen LogP contribution in [0.1, 0.15) is 45.1 Å². The minimum absolute atomic E-state index is 0.196. The van der Waals surface area contributed by atoms with E-state index < -0.39 is 11.6 Å². The third-order valence-corrected chi connectivity index (χ3v) is 4.92. The predicted molar refractivity (Wildman–Crippen MR) is 78.6 cm³/mol. The Hall–Kier alpha value is -0.960. The highest BCUT2D eigenvalue weighted by molar-refractivity contribution is 5.20. The molecule has 2 unspecified atom stereocenters. The molecule has 0 radical (unpaired) electrons. The van der Waals surface area contributed by atoms with Crippen LogP contribution in [0.3, 0.4) is 0 Å². The summed E-state index contributed by atoms with van der Waals surface area (Å²) in [7, 11) is 1.92. The van der Waals surface area contributed by atoms with Gasteiger partial charge in [0.25, 0.3) is 0 Å². The molecule has 0 aliphatic heterocycles. The van der Waals surface area contributed by atoms with E-state index in [4.69, 9.17) is 0 Å². The second-order valence-corrected chi connectivity index (χ2v) is 6.65. The lowest BCUT2D eigenvalue weighted by atomic mass is 9.65. The summed E-state index contributed by atoms with van der Waals surface area (Å²) in [6.45, 7) is 4.59. The molecule has 112 valence electrons. The fraction of sp³-hybridized carbons (Fsp3) is 0.647. The lowest BCUT2D eigenvalue weighted by Crippen LogP contribution is -2.44. The molecule has 20 heavy (non-hydrogen) atoms. The zero-order valence-corrected chi connectivity index (χ0v) is 12.7. The first kappa shape index (κ1) is 15.4. The van der Waals surface area contributed by atoms with E-state index in [0.717, 1.165) is 6.42 Å². The summed E-state index contributed by atoms with van der Waals surface area (Å²) < 4.78 is 27.2. The third kappa shape index (κ3) is 3.20. The van der Waals surface area contributed by atoms with Crippen LogP contribution in [0.15, 0.2) is 18.2 Å². The smallest absolute Gasteiger partial charge is 0.162 e. The largest absolute Gasteiger partial charge is 0.316 e. The van der Waals surface area contributed by atoms with Gasteiger partial charge in [-0.25, -0.2) is 8.78 Å². The molecule has 1 aliphatic rings. The Labute approximate surface area is 120 Å². The molecule has 1 fully saturated rings. The SMILES string of the molecule is CNC(Cc1cccc(F)c1F)C1CCCCC1(C)C. The molecule has 1 aromatic carbocycles. The van der Waals surface area contributed by atoms with Crippen molar-refractivity contribution >= 4 is 0 Å². The van der Waals surface area contributed by atoms with Crippen molar-refractivity contribution in [3.8, 4) is 0 Å². The van der Waals surface area contributed by atoms with Crippen molar-refractivity contribution in [1.82, 2.24) is 5.32 Å². The second kappa shape index (κ2) is 6.21. The summed E-state index contributed by atoms with van der Waals surface area (Å²) >= 11 is 0. The van der Waals surface area contributed by atoms with Crippen LogP contribution in [0, 0.1) is 23.0 Å². The molecular weight excluding hydrogens is 256 g/mol. The summed E-state index contributed by atoms with van der Waals surface area (Å²) in [5.74, 6) is -0.939. The minimum atomic E-state index is -0.750. The van der Waals surface area contributed by atoms with Crippen molar-refractivity contribution in [2.45, 2.75) is 52.0 Å². The van der Waals surface area contributed by atoms with E-state index >= 15 is 0 Å². The van der Waals surface area contributed by atoms with Crippen LogP contribution in [0.25, 0.3) is 0 Å². The van der Waals surface area contributed by atoms with E-state index in [0.29, 0.717) is 17.9 Å². The minimum Gasteiger partial charge on any atom is -0.316 e. The Morgan fingerprint density at radius 3 is 2.70 bits per heavy atom. The average Bonchev–Trinajstić information content (AvgIpc) is 2.41. The van der Waals surface area contributed by atoms with E-state index in [9.17, 15) is 8.78 Å². The lowest BCUT2D eigenvalue weighted by Gasteiger charge is -2.43. The second-order valence-electron chi connectivity index (χ2n) is 6.65. The predicted octanol–water partition coefficient (Wildman–Crippen LogP) is 4.31. The molecule has 3 heteroatoms. The molecule has 1 nitrogen and oxygen atoms in total. The number of rotatable bonds is 4. The Balaban J connectivity index is 2.18. The van der Waals surface area contributed by atoms with Crippen molar-refractivity contribution in [2.75, 3.05) is 7.05 Å². The highest BCUT2D eigenvalue weighted by Gasteiger charge is 2.37. The Morgan fingerprint density at radius 2 is 2.05 bits per heavy atom. The quantitative estimate of drug-likeness (QED) is 0.867. The van der Waals surface area contributed by atoms with Gasteiger partial charge < -0.3 is 5.32 Å². The van der Waals surface area contributed by atoms with Gasteiger partial charge in [-0.2, -0.15) is 0 Å². The standard InChI is InChI=1S/C17H25F2N/c1-17(2)10-5-4-8-13(17)15(20-3)11-12-7-6-9-14(18)16(12)19/h6-7,9,13,15,20H,4-5,8,10-11H2,1-3H3. The molecule has 0 amide bonds. The van der Waals surface area contributed by atoms with Crippen molar-refractivity contribution in [1.29, 1.82) is 0 Å². The summed E-state index contributed by atoms with van der Waals surface area (Å²) in [4.78, 5) is 0. The maximum atomic E-state index is 13.9. The van der Waals surface area contributed by atoms with Gasteiger partial charge in [0.1, 0.15) is 0 Å². The molecule has 1 saturated carbocycles. The van der Waals surface area contributed by atoms with Crippen molar-refractivity contribution in [3.05, 3.63) is 35.4 Å². The first-order chi connectivity index (χ1) is 9.45. The first-order valence-corrected chi connectivity index (χ1v) is 7.56. The van der Waals surface area contributed by atoms with Crippen LogP contribution >= 0.6 is 0 Å². The van der Waals surface area contributed by atoms with Crippen LogP contribution in [-0.2, 0) is 6.42 Å². The van der Waals surface area contributed by atoms with Gasteiger partial charge >= 0.3 is 0 Å². The van der Waals surface area contributed by atoms with Crippen molar-refractivity contribution in [2.24, 2.45) is 11.3 Å². The van der Waals surface area contributed by atoms with Crippen LogP contribution in [-0.4, -0.2) is 13.1 Å². The van der Waals surface area contributed by atoms with Gasteiger partial charge in [-0.1, -0.05) is 38.8 Å². The molecule has 0 aromatic heterocycles. The number of halogens is 2. The molecule has 0 spiro atoms. The summed E-state index contributed by atoms with van der Waals surface area (Å²) in [6.07, 6.45) is 5.43. The van der Waals surface area contributed by atoms with Gasteiger partial charge in [-0.3, -0.25) is 0 Å². The number of benzene rings is 1. The molecule has 2 atom stereocenters. The zero-order chi connectivity index (χ0) is 14.8. The fourth-order valence-electron chi connectivity index (χ4n) is 3.66. The van der Waals surface area contributed by atoms with E-state index in [1.165, 1.54) is 25.3 Å². The van der Waals surface area contributed by atoms with E-state index in [1.54, 1.807) is 12.1 Å². The van der Waals surface area contributed by atoms with Gasteiger partial charge in [-0.05, 0) is 49.3 Å². The maximum Gasteiger partial charge on any atom is 0.162 e. The first-order valence-electron chi connectivity index (χ1n) is 7.56. The summed E-state index contributed by atoms with van der Waals surface area (Å²) in [6, 6.07) is 4.66. The molecule has 0 saturated heterocycles. The lowest BCUT2D eigenvalue weighted by molar-refractivity contribution is 0.101. The zero-order valence-electron chi connectivity index (χ0n) is 12.7. The van der Waals surface area contributed by atoms with E-state index in [2.05, 4.69) is 19.2 Å². The highest BCUT2D eigenvalue weighted by Crippen LogP contribution is 2.43. The monoisotopic (exact) mass is 281 g/mol. The topological polar surface area (TPSA) is 12.0 Å². The summed E-state index contributed by atoms with van der Waals surface area (Å²) in [5, 5.41) is 3.33. The average molecular weight is 281 g/mol. The van der Waals surface area contributed by atoms with Gasteiger partial charge in [-0.15, -0.1) is 0 Å². The van der Waals surface area contributed by atoms with Crippen LogP contribution in [0.4, 0.5) is 8.78 Å². The molecule has 1 aliphatic carbocycles. The molecule has 1 aromatic rings. The number of likely N-dealkylation sites (N-methyl/N-ethyl adjacent to an activating group) is 1. The van der Waals surface area contributed by atoms with Gasteiger partial charge in [0.05, 0.1) is 0 Å². The van der Waals surface area contributed by atoms with E-state index in [-0.39, 0.29) is 11.5 Å². The third-order valence-electron chi connectivity index (χ3n) is 4.92. The van der Waals surface area contributed by atoms with Crippen LogP contribution < -0.4 is 5.32 Å². The molecular formula is C17H25F2N. The van der Waals surface area contributed by atoms with Gasteiger partial charge in [0.2, 0.25) is 0 Å². The van der Waals surface area contributed by atoms with E-state index in [1.807, 2.05) is 7.05 Å². The Bertz CT molecular complexity index is 456. The normalized spacial score (nSPS) is 23.6. The number of nitrogens with one attached hydrogen (secondary N) is 1. The van der Waals surface area contributed by atoms with Crippen LogP contribution in [0.5, 0.6) is 0 Å². The molecule has 0 heterocycles. The number of hydrogen-bond donors (Lipinski definition) is 1. The highest BCUT2D eigenvalue weighted by atomic mass is 19.2. The molecule has 1 N–H and O–H groups in total.